The van der Waals surface area contributed by atoms with Gasteiger partial charge < -0.3 is 10.3 Å². The van der Waals surface area contributed by atoms with Crippen LogP contribution >= 0.6 is 0 Å². The lowest BCUT2D eigenvalue weighted by atomic mass is 10.1. The van der Waals surface area contributed by atoms with Gasteiger partial charge in [0, 0.05) is 23.5 Å². The number of para-hydroxylation sites is 1. The van der Waals surface area contributed by atoms with Crippen molar-refractivity contribution in [1.82, 2.24) is 4.98 Å². The molecule has 0 atom stereocenters. The summed E-state index contributed by atoms with van der Waals surface area (Å²) < 4.78 is 28.2. The molecule has 1 heterocycles. The fraction of sp³-hybridized carbons (Fsp3) is 0.0476. The van der Waals surface area contributed by atoms with Gasteiger partial charge in [-0.1, -0.05) is 18.2 Å². The number of benzene rings is 3. The van der Waals surface area contributed by atoms with Crippen molar-refractivity contribution in [2.45, 2.75) is 11.8 Å². The minimum absolute atomic E-state index is 0.0147. The van der Waals surface area contributed by atoms with Gasteiger partial charge in [0.05, 0.1) is 21.5 Å². The number of pyridine rings is 1. The standard InChI is InChI=1S/C21H17N3O4S/c1-13(25)22-14-9-11-15(12-10-14)29(27,28)24-19-8-4-7-18-20(19)21(26)16-5-2-3-6-17(16)23-18/h2-12,24H,1H3,(H,22,25)(H,23,26). The van der Waals surface area contributed by atoms with Gasteiger partial charge >= 0.3 is 0 Å². The lowest BCUT2D eigenvalue weighted by Gasteiger charge is -2.12. The minimum Gasteiger partial charge on any atom is -0.354 e. The Hall–Kier alpha value is -3.65. The molecule has 0 aliphatic heterocycles. The third-order valence-corrected chi connectivity index (χ3v) is 5.84. The fourth-order valence-corrected chi connectivity index (χ4v) is 4.25. The number of anilines is 2. The van der Waals surface area contributed by atoms with E-state index in [1.54, 1.807) is 36.4 Å². The molecule has 8 heteroatoms. The number of nitrogens with one attached hydrogen (secondary N) is 3. The van der Waals surface area contributed by atoms with Crippen LogP contribution in [0, 0.1) is 0 Å². The van der Waals surface area contributed by atoms with Crippen LogP contribution in [-0.4, -0.2) is 19.3 Å². The summed E-state index contributed by atoms with van der Waals surface area (Å²) in [4.78, 5) is 27.3. The first-order valence-electron chi connectivity index (χ1n) is 8.79. The van der Waals surface area contributed by atoms with Crippen LogP contribution in [0.3, 0.4) is 0 Å². The van der Waals surface area contributed by atoms with Crippen molar-refractivity contribution >= 4 is 49.1 Å². The van der Waals surface area contributed by atoms with E-state index >= 15 is 0 Å². The predicted octanol–water partition coefficient (Wildman–Crippen LogP) is 3.44. The molecule has 0 aliphatic carbocycles. The lowest BCUT2D eigenvalue weighted by molar-refractivity contribution is -0.114. The van der Waals surface area contributed by atoms with Crippen molar-refractivity contribution < 1.29 is 13.2 Å². The third-order valence-electron chi connectivity index (χ3n) is 4.46. The molecule has 0 spiro atoms. The van der Waals surface area contributed by atoms with Crippen molar-refractivity contribution in [3.63, 3.8) is 0 Å². The second-order valence-corrected chi connectivity index (χ2v) is 8.22. The molecular formula is C21H17N3O4S. The highest BCUT2D eigenvalue weighted by Crippen LogP contribution is 2.25. The number of aromatic amines is 1. The van der Waals surface area contributed by atoms with Gasteiger partial charge in [0.2, 0.25) is 5.91 Å². The molecule has 7 nitrogen and oxygen atoms in total. The lowest BCUT2D eigenvalue weighted by Crippen LogP contribution is -2.16. The number of carbonyl (C=O) groups excluding carboxylic acids is 1. The normalized spacial score (nSPS) is 11.5. The molecular weight excluding hydrogens is 390 g/mol. The Bertz CT molecular complexity index is 1410. The number of rotatable bonds is 4. The Labute approximate surface area is 166 Å². The minimum atomic E-state index is -3.94. The second-order valence-electron chi connectivity index (χ2n) is 6.54. The zero-order chi connectivity index (χ0) is 20.6. The Morgan fingerprint density at radius 1 is 0.897 bits per heavy atom. The SMILES string of the molecule is CC(=O)Nc1ccc(S(=O)(=O)Nc2cccc3[nH]c4ccccc4c(=O)c23)cc1. The molecule has 3 N–H and O–H groups in total. The predicted molar refractivity (Wildman–Crippen MR) is 114 cm³/mol. The van der Waals surface area contributed by atoms with E-state index in [1.807, 2.05) is 6.07 Å². The highest BCUT2D eigenvalue weighted by Gasteiger charge is 2.17. The third kappa shape index (κ3) is 3.57. The number of amides is 1. The van der Waals surface area contributed by atoms with E-state index in [9.17, 15) is 18.0 Å². The second kappa shape index (κ2) is 7.06. The smallest absolute Gasteiger partial charge is 0.261 e. The van der Waals surface area contributed by atoms with Crippen molar-refractivity contribution in [2.24, 2.45) is 0 Å². The molecule has 0 saturated carbocycles. The number of sulfonamides is 1. The summed E-state index contributed by atoms with van der Waals surface area (Å²) in [5, 5.41) is 3.33. The number of hydrogen-bond donors (Lipinski definition) is 3. The van der Waals surface area contributed by atoms with E-state index in [2.05, 4.69) is 15.0 Å². The van der Waals surface area contributed by atoms with E-state index in [1.165, 1.54) is 31.2 Å². The zero-order valence-electron chi connectivity index (χ0n) is 15.4. The topological polar surface area (TPSA) is 108 Å². The number of carbonyl (C=O) groups is 1. The molecule has 146 valence electrons. The first kappa shape index (κ1) is 18.7. The summed E-state index contributed by atoms with van der Waals surface area (Å²) in [6, 6.07) is 17.8. The van der Waals surface area contributed by atoms with Crippen molar-refractivity contribution in [1.29, 1.82) is 0 Å². The summed E-state index contributed by atoms with van der Waals surface area (Å²) >= 11 is 0. The van der Waals surface area contributed by atoms with Gasteiger partial charge in [0.25, 0.3) is 10.0 Å². The first-order valence-corrected chi connectivity index (χ1v) is 10.3. The van der Waals surface area contributed by atoms with Crippen LogP contribution in [-0.2, 0) is 14.8 Å². The highest BCUT2D eigenvalue weighted by atomic mass is 32.2. The van der Waals surface area contributed by atoms with Crippen LogP contribution in [0.1, 0.15) is 6.92 Å². The van der Waals surface area contributed by atoms with Gasteiger partial charge in [-0.25, -0.2) is 8.42 Å². The molecule has 4 aromatic rings. The molecule has 29 heavy (non-hydrogen) atoms. The Morgan fingerprint density at radius 2 is 1.59 bits per heavy atom. The van der Waals surface area contributed by atoms with E-state index < -0.39 is 10.0 Å². The molecule has 4 rings (SSSR count). The van der Waals surface area contributed by atoms with Crippen LogP contribution < -0.4 is 15.5 Å². The maximum Gasteiger partial charge on any atom is 0.261 e. The van der Waals surface area contributed by atoms with E-state index in [0.29, 0.717) is 22.1 Å². The van der Waals surface area contributed by atoms with E-state index in [-0.39, 0.29) is 27.3 Å². The van der Waals surface area contributed by atoms with Crippen molar-refractivity contribution in [3.05, 3.63) is 77.0 Å². The van der Waals surface area contributed by atoms with Gasteiger partial charge in [-0.2, -0.15) is 0 Å². The highest BCUT2D eigenvalue weighted by molar-refractivity contribution is 7.92. The molecule has 0 radical (unpaired) electrons. The monoisotopic (exact) mass is 407 g/mol. The average Bonchev–Trinajstić information content (AvgIpc) is 2.68. The number of fused-ring (bicyclic) bond motifs is 2. The van der Waals surface area contributed by atoms with Crippen LogP contribution in [0.4, 0.5) is 11.4 Å². The molecule has 1 aromatic heterocycles. The molecule has 0 unspecified atom stereocenters. The quantitative estimate of drug-likeness (QED) is 0.450. The largest absolute Gasteiger partial charge is 0.354 e. The van der Waals surface area contributed by atoms with Crippen molar-refractivity contribution in [2.75, 3.05) is 10.0 Å². The van der Waals surface area contributed by atoms with Crippen LogP contribution in [0.2, 0.25) is 0 Å². The van der Waals surface area contributed by atoms with Crippen molar-refractivity contribution in [3.8, 4) is 0 Å². The summed E-state index contributed by atoms with van der Waals surface area (Å²) in [6.07, 6.45) is 0. The molecule has 0 bridgehead atoms. The Balaban J connectivity index is 1.78. The maximum absolute atomic E-state index is 13.0. The van der Waals surface area contributed by atoms with E-state index in [0.717, 1.165) is 0 Å². The summed E-state index contributed by atoms with van der Waals surface area (Å²) in [7, 11) is -3.94. The molecule has 3 aromatic carbocycles. The average molecular weight is 407 g/mol. The van der Waals surface area contributed by atoms with Gasteiger partial charge in [-0.15, -0.1) is 0 Å². The molecule has 1 amide bonds. The zero-order valence-corrected chi connectivity index (χ0v) is 16.2. The Kier molecular flexibility index (Phi) is 4.56. The Morgan fingerprint density at radius 3 is 2.31 bits per heavy atom. The van der Waals surface area contributed by atoms with Crippen LogP contribution in [0.15, 0.2) is 76.4 Å². The van der Waals surface area contributed by atoms with Crippen LogP contribution in [0.25, 0.3) is 21.8 Å². The van der Waals surface area contributed by atoms with Gasteiger partial charge in [0.15, 0.2) is 5.43 Å². The number of aromatic nitrogens is 1. The maximum atomic E-state index is 13.0. The number of H-pyrrole nitrogens is 1. The van der Waals surface area contributed by atoms with Gasteiger partial charge in [-0.3, -0.25) is 14.3 Å². The summed E-state index contributed by atoms with van der Waals surface area (Å²) in [5.41, 5.74) is 1.65. The molecule has 0 saturated heterocycles. The van der Waals surface area contributed by atoms with Gasteiger partial charge in [-0.05, 0) is 48.5 Å². The van der Waals surface area contributed by atoms with Gasteiger partial charge in [0.1, 0.15) is 0 Å². The van der Waals surface area contributed by atoms with Crippen LogP contribution in [0.5, 0.6) is 0 Å². The summed E-state index contributed by atoms with van der Waals surface area (Å²) in [6.45, 7) is 1.37. The van der Waals surface area contributed by atoms with E-state index in [4.69, 9.17) is 0 Å². The fourth-order valence-electron chi connectivity index (χ4n) is 3.18. The number of hydrogen-bond acceptors (Lipinski definition) is 4. The molecule has 0 aliphatic rings. The first-order chi connectivity index (χ1) is 13.8. The molecule has 0 fully saturated rings. The summed E-state index contributed by atoms with van der Waals surface area (Å²) in [5.74, 6) is -0.249.